The Hall–Kier alpha value is -4.19. The number of unbranched alkanes of at least 4 members (excludes halogenated alkanes) is 20. The van der Waals surface area contributed by atoms with Gasteiger partial charge in [0.05, 0.1) is 0 Å². The molecule has 0 heterocycles. The van der Waals surface area contributed by atoms with E-state index in [0.29, 0.717) is 19.3 Å². The van der Waals surface area contributed by atoms with E-state index in [1.54, 1.807) is 0 Å². The second kappa shape index (κ2) is 53.4. The summed E-state index contributed by atoms with van der Waals surface area (Å²) in [6, 6.07) is 0. The highest BCUT2D eigenvalue weighted by Gasteiger charge is 2.19. The quantitative estimate of drug-likeness (QED) is 0.0199. The number of hydrogen-bond acceptors (Lipinski definition) is 6. The van der Waals surface area contributed by atoms with Crippen LogP contribution in [0.15, 0.2) is 122 Å². The minimum Gasteiger partial charge on any atom is -0.462 e. The fraction of sp³-hybridized carbons (Fsp3) is 0.617. The van der Waals surface area contributed by atoms with Crippen LogP contribution in [0.25, 0.3) is 0 Å². The van der Waals surface area contributed by atoms with Crippen molar-refractivity contribution in [2.24, 2.45) is 0 Å². The predicted molar refractivity (Wildman–Crippen MR) is 283 cm³/mol. The Morgan fingerprint density at radius 1 is 0.333 bits per heavy atom. The number of esters is 3. The Labute approximate surface area is 405 Å². The first-order valence-electron chi connectivity index (χ1n) is 26.6. The van der Waals surface area contributed by atoms with Crippen LogP contribution in [0.1, 0.15) is 220 Å². The second-order valence-corrected chi connectivity index (χ2v) is 17.2. The fourth-order valence-electron chi connectivity index (χ4n) is 6.82. The van der Waals surface area contributed by atoms with Gasteiger partial charge in [-0.05, 0) is 103 Å². The van der Waals surface area contributed by atoms with Gasteiger partial charge in [-0.2, -0.15) is 0 Å². The third kappa shape index (κ3) is 50.8. The van der Waals surface area contributed by atoms with Gasteiger partial charge < -0.3 is 14.2 Å². The zero-order valence-corrected chi connectivity index (χ0v) is 42.4. The zero-order chi connectivity index (χ0) is 47.9. The molecule has 0 amide bonds. The molecule has 0 aromatic heterocycles. The molecular formula is C60H96O6. The Bertz CT molecular complexity index is 1420. The van der Waals surface area contributed by atoms with E-state index in [-0.39, 0.29) is 37.5 Å². The molecule has 1 unspecified atom stereocenters. The molecule has 0 aliphatic rings. The molecular weight excluding hydrogens is 817 g/mol. The maximum Gasteiger partial charge on any atom is 0.306 e. The highest BCUT2D eigenvalue weighted by atomic mass is 16.6. The van der Waals surface area contributed by atoms with Crippen LogP contribution >= 0.6 is 0 Å². The number of rotatable bonds is 46. The zero-order valence-electron chi connectivity index (χ0n) is 42.4. The molecule has 0 aliphatic carbocycles. The van der Waals surface area contributed by atoms with Crippen LogP contribution in [-0.4, -0.2) is 37.2 Å². The lowest BCUT2D eigenvalue weighted by Crippen LogP contribution is -2.30. The fourth-order valence-corrected chi connectivity index (χ4v) is 6.82. The molecule has 6 heteroatoms. The molecule has 66 heavy (non-hydrogen) atoms. The maximum absolute atomic E-state index is 12.8. The van der Waals surface area contributed by atoms with Crippen LogP contribution in [0.3, 0.4) is 0 Å². The summed E-state index contributed by atoms with van der Waals surface area (Å²) in [6.07, 6.45) is 73.2. The van der Waals surface area contributed by atoms with Crippen molar-refractivity contribution < 1.29 is 28.6 Å². The van der Waals surface area contributed by atoms with Gasteiger partial charge >= 0.3 is 17.9 Å². The summed E-state index contributed by atoms with van der Waals surface area (Å²) >= 11 is 0. The van der Waals surface area contributed by atoms with Gasteiger partial charge in [-0.15, -0.1) is 0 Å². The third-order valence-corrected chi connectivity index (χ3v) is 10.8. The van der Waals surface area contributed by atoms with E-state index in [9.17, 15) is 14.4 Å². The molecule has 0 bridgehead atoms. The third-order valence-electron chi connectivity index (χ3n) is 10.8. The number of carbonyl (C=O) groups excluding carboxylic acids is 3. The number of carbonyl (C=O) groups is 3. The summed E-state index contributed by atoms with van der Waals surface area (Å²) in [5.41, 5.74) is 0. The van der Waals surface area contributed by atoms with Crippen molar-refractivity contribution in [2.45, 2.75) is 226 Å². The first-order valence-corrected chi connectivity index (χ1v) is 26.6. The van der Waals surface area contributed by atoms with Crippen LogP contribution in [0.5, 0.6) is 0 Å². The molecule has 372 valence electrons. The van der Waals surface area contributed by atoms with Crippen LogP contribution in [-0.2, 0) is 28.6 Å². The molecule has 1 atom stereocenters. The highest BCUT2D eigenvalue weighted by Crippen LogP contribution is 2.12. The van der Waals surface area contributed by atoms with E-state index in [4.69, 9.17) is 14.2 Å². The van der Waals surface area contributed by atoms with Gasteiger partial charge in [-0.3, -0.25) is 14.4 Å². The SMILES string of the molecule is CC/C=C\C/C=C\C/C=C\CCCCC(=O)OCC(COC(=O)CCCCCCC\C=C/C=C\C=C/C=C\CCCCC)OC(=O)CCCCCCC\C=C/C=C\C=C/CCCCCCC. The normalized spacial score (nSPS) is 13.1. The van der Waals surface area contributed by atoms with Gasteiger partial charge in [0, 0.05) is 19.3 Å². The van der Waals surface area contributed by atoms with E-state index in [0.717, 1.165) is 122 Å². The van der Waals surface area contributed by atoms with E-state index in [1.807, 2.05) is 0 Å². The Kier molecular flexibility index (Phi) is 50.0. The minimum absolute atomic E-state index is 0.115. The molecule has 0 aromatic carbocycles. The van der Waals surface area contributed by atoms with Crippen molar-refractivity contribution in [1.29, 1.82) is 0 Å². The Morgan fingerprint density at radius 3 is 1.12 bits per heavy atom. The lowest BCUT2D eigenvalue weighted by molar-refractivity contribution is -0.167. The molecule has 0 N–H and O–H groups in total. The van der Waals surface area contributed by atoms with Crippen molar-refractivity contribution in [2.75, 3.05) is 13.2 Å². The molecule has 0 rings (SSSR count). The smallest absolute Gasteiger partial charge is 0.306 e. The molecule has 0 radical (unpaired) electrons. The average Bonchev–Trinajstić information content (AvgIpc) is 3.31. The molecule has 0 fully saturated rings. The Balaban J connectivity index is 4.53. The first kappa shape index (κ1) is 61.8. The van der Waals surface area contributed by atoms with Gasteiger partial charge in [0.25, 0.3) is 0 Å². The first-order chi connectivity index (χ1) is 32.5. The number of hydrogen-bond donors (Lipinski definition) is 0. The van der Waals surface area contributed by atoms with Crippen molar-refractivity contribution in [1.82, 2.24) is 0 Å². The summed E-state index contributed by atoms with van der Waals surface area (Å²) in [5, 5.41) is 0. The van der Waals surface area contributed by atoms with Gasteiger partial charge in [-0.25, -0.2) is 0 Å². The lowest BCUT2D eigenvalue weighted by Gasteiger charge is -2.18. The predicted octanol–water partition coefficient (Wildman–Crippen LogP) is 17.7. The molecule has 0 aliphatic heterocycles. The van der Waals surface area contributed by atoms with Gasteiger partial charge in [0.1, 0.15) is 13.2 Å². The largest absolute Gasteiger partial charge is 0.462 e. The van der Waals surface area contributed by atoms with E-state index in [1.165, 1.54) is 51.4 Å². The van der Waals surface area contributed by atoms with Crippen LogP contribution < -0.4 is 0 Å². The molecule has 6 nitrogen and oxygen atoms in total. The van der Waals surface area contributed by atoms with Crippen LogP contribution in [0.2, 0.25) is 0 Å². The summed E-state index contributed by atoms with van der Waals surface area (Å²) in [7, 11) is 0. The van der Waals surface area contributed by atoms with Gasteiger partial charge in [0.15, 0.2) is 6.10 Å². The number of allylic oxidation sites excluding steroid dienone is 20. The summed E-state index contributed by atoms with van der Waals surface area (Å²) in [4.78, 5) is 38.0. The van der Waals surface area contributed by atoms with E-state index < -0.39 is 6.10 Å². The van der Waals surface area contributed by atoms with Crippen molar-refractivity contribution in [3.8, 4) is 0 Å². The summed E-state index contributed by atoms with van der Waals surface area (Å²) in [5.74, 6) is -1.00. The summed E-state index contributed by atoms with van der Waals surface area (Å²) < 4.78 is 16.7. The maximum atomic E-state index is 12.8. The second-order valence-electron chi connectivity index (χ2n) is 17.2. The van der Waals surface area contributed by atoms with Crippen molar-refractivity contribution in [3.05, 3.63) is 122 Å². The monoisotopic (exact) mass is 913 g/mol. The van der Waals surface area contributed by atoms with Crippen LogP contribution in [0, 0.1) is 0 Å². The number of ether oxygens (including phenoxy) is 3. The van der Waals surface area contributed by atoms with Crippen molar-refractivity contribution >= 4 is 17.9 Å². The van der Waals surface area contributed by atoms with Crippen molar-refractivity contribution in [3.63, 3.8) is 0 Å². The highest BCUT2D eigenvalue weighted by molar-refractivity contribution is 5.71. The molecule has 0 aromatic rings. The van der Waals surface area contributed by atoms with Crippen LogP contribution in [0.4, 0.5) is 0 Å². The average molecular weight is 913 g/mol. The Morgan fingerprint density at radius 2 is 0.652 bits per heavy atom. The molecule has 0 saturated carbocycles. The van der Waals surface area contributed by atoms with Gasteiger partial charge in [-0.1, -0.05) is 219 Å². The standard InChI is InChI=1S/C60H96O6/c1-4-7-10-13-16-19-22-25-27-29-31-33-35-38-41-44-47-50-53-59(62)65-56-57(55-64-58(61)52-49-46-43-40-37-24-21-18-15-12-9-6-3)66-60(63)54-51-48-45-42-39-36-34-32-30-28-26-23-20-17-14-11-8-5-2/h9,12,16,18-19,21-23,25-34,37,40,57H,4-8,10-11,13-15,17,20,24,35-36,38-39,41-56H2,1-3H3/b12-9-,19-16-,21-18-,25-22-,26-23-,29-27-,30-28-,33-31-,34-32-,40-37-. The minimum atomic E-state index is -0.818. The topological polar surface area (TPSA) is 78.9 Å². The van der Waals surface area contributed by atoms with E-state index in [2.05, 4.69) is 142 Å². The van der Waals surface area contributed by atoms with E-state index >= 15 is 0 Å². The molecule has 0 saturated heterocycles. The summed E-state index contributed by atoms with van der Waals surface area (Å²) in [6.45, 7) is 6.38. The molecule has 0 spiro atoms. The lowest BCUT2D eigenvalue weighted by atomic mass is 10.1. The van der Waals surface area contributed by atoms with Gasteiger partial charge in [0.2, 0.25) is 0 Å².